The molecule has 308 valence electrons. The molecule has 0 bridgehead atoms. The number of hydrogen-bond donors (Lipinski definition) is 6. The zero-order valence-electron chi connectivity index (χ0n) is 34.9. The van der Waals surface area contributed by atoms with Crippen molar-refractivity contribution in [3.8, 4) is 0 Å². The van der Waals surface area contributed by atoms with E-state index >= 15 is 0 Å². The lowest BCUT2D eigenvalue weighted by atomic mass is 9.67. The number of primary amides is 1. The number of carbonyl (C=O) groups is 5. The van der Waals surface area contributed by atoms with Crippen molar-refractivity contribution in [1.29, 1.82) is 0 Å². The summed E-state index contributed by atoms with van der Waals surface area (Å²) in [6.45, 7) is 13.7. The lowest BCUT2D eigenvalue weighted by Gasteiger charge is -2.38. The number of hydrogen-bond acceptors (Lipinski definition) is 9. The van der Waals surface area contributed by atoms with Gasteiger partial charge in [-0.15, -0.1) is 5.46 Å². The second kappa shape index (κ2) is 17.2. The van der Waals surface area contributed by atoms with Gasteiger partial charge < -0.3 is 41.0 Å². The molecule has 1 heterocycles. The van der Waals surface area contributed by atoms with Crippen LogP contribution >= 0.6 is 0 Å². The Kier molecular flexibility index (Phi) is 13.5. The number of carbonyl (C=O) groups excluding carboxylic acids is 5. The standard InChI is InChI=1S/C42H58BN6O8/c1-26-18-12-15-21-29(26)33-34(30-22-16-13-19-27(30)2)57-43(55-11,56-33)31-23-17-14-20-28(31)24-46-39(3,4)36(52)47-41(7,8)38(54)49-42(9,10)37(53)48-40(5,6)35(51)45-25-32(44)50/h12-23,33-34,46H,24-25H2,1-11H3,(H2,44,50)(H,45,51)(H,47,52)(H,48,53)(H,49,54)/q-1/t33-,34-/m0/s1. The van der Waals surface area contributed by atoms with Crippen LogP contribution in [0.3, 0.4) is 0 Å². The second-order valence-corrected chi connectivity index (χ2v) is 16.8. The summed E-state index contributed by atoms with van der Waals surface area (Å²) in [5.74, 6) is -3.16. The lowest BCUT2D eigenvalue weighted by Crippen LogP contribution is -2.67. The van der Waals surface area contributed by atoms with Crippen molar-refractivity contribution in [2.45, 2.75) is 110 Å². The molecule has 1 fully saturated rings. The number of aryl methyl sites for hydroxylation is 2. The Hall–Kier alpha value is -5.09. The number of nitrogens with two attached hydrogens (primary N) is 1. The van der Waals surface area contributed by atoms with Crippen molar-refractivity contribution < 1.29 is 37.9 Å². The molecule has 0 radical (unpaired) electrons. The van der Waals surface area contributed by atoms with Crippen molar-refractivity contribution in [2.75, 3.05) is 13.7 Å². The van der Waals surface area contributed by atoms with Gasteiger partial charge in [-0.05, 0) is 98.6 Å². The third-order valence-corrected chi connectivity index (χ3v) is 10.4. The number of amides is 5. The fraction of sp³-hybridized carbons (Fsp3) is 0.452. The van der Waals surface area contributed by atoms with E-state index in [1.165, 1.54) is 41.5 Å². The van der Waals surface area contributed by atoms with Crippen molar-refractivity contribution in [2.24, 2.45) is 5.73 Å². The first-order valence-corrected chi connectivity index (χ1v) is 19.0. The molecule has 3 aromatic carbocycles. The topological polar surface area (TPSA) is 199 Å². The minimum absolute atomic E-state index is 0.211. The highest BCUT2D eigenvalue weighted by atomic mass is 16.8. The normalized spacial score (nSPS) is 17.0. The van der Waals surface area contributed by atoms with E-state index in [4.69, 9.17) is 19.7 Å². The van der Waals surface area contributed by atoms with Gasteiger partial charge in [-0.3, -0.25) is 29.3 Å². The van der Waals surface area contributed by atoms with Crippen LogP contribution in [0.1, 0.15) is 95.4 Å². The maximum Gasteiger partial charge on any atom is 0.410 e. The van der Waals surface area contributed by atoms with Gasteiger partial charge in [-0.25, -0.2) is 0 Å². The summed E-state index contributed by atoms with van der Waals surface area (Å²) in [7, 11) is 1.57. The van der Waals surface area contributed by atoms with Crippen molar-refractivity contribution in [1.82, 2.24) is 26.6 Å². The van der Waals surface area contributed by atoms with Crippen LogP contribution in [0.25, 0.3) is 0 Å². The van der Waals surface area contributed by atoms with E-state index in [9.17, 15) is 24.0 Å². The van der Waals surface area contributed by atoms with Crippen molar-refractivity contribution in [3.63, 3.8) is 0 Å². The molecule has 1 aliphatic rings. The van der Waals surface area contributed by atoms with Crippen LogP contribution in [0.15, 0.2) is 72.8 Å². The molecule has 5 amide bonds. The molecule has 57 heavy (non-hydrogen) atoms. The van der Waals surface area contributed by atoms with Crippen molar-refractivity contribution >= 4 is 41.8 Å². The lowest BCUT2D eigenvalue weighted by molar-refractivity contribution is -0.140. The van der Waals surface area contributed by atoms with E-state index in [1.807, 2.05) is 86.6 Å². The largest absolute Gasteiger partial charge is 0.543 e. The third-order valence-electron chi connectivity index (χ3n) is 10.4. The average molecular weight is 786 g/mol. The predicted molar refractivity (Wildman–Crippen MR) is 219 cm³/mol. The van der Waals surface area contributed by atoms with Crippen LogP contribution < -0.4 is 37.8 Å². The van der Waals surface area contributed by atoms with Crippen LogP contribution in [0, 0.1) is 13.8 Å². The van der Waals surface area contributed by atoms with Crippen LogP contribution in [0.5, 0.6) is 0 Å². The Balaban J connectivity index is 1.49. The van der Waals surface area contributed by atoms with Gasteiger partial charge in [0, 0.05) is 6.54 Å². The summed E-state index contributed by atoms with van der Waals surface area (Å²) in [6.07, 6.45) is -0.946. The first-order valence-electron chi connectivity index (χ1n) is 19.0. The van der Waals surface area contributed by atoms with Crippen LogP contribution in [-0.2, 0) is 44.5 Å². The molecule has 4 rings (SSSR count). The maximum absolute atomic E-state index is 13.8. The monoisotopic (exact) mass is 785 g/mol. The third kappa shape index (κ3) is 10.3. The minimum atomic E-state index is -2.48. The Morgan fingerprint density at radius 2 is 1.04 bits per heavy atom. The van der Waals surface area contributed by atoms with Gasteiger partial charge in [0.25, 0.3) is 0 Å². The Labute approximate surface area is 335 Å². The van der Waals surface area contributed by atoms with Gasteiger partial charge in [0.15, 0.2) is 0 Å². The summed E-state index contributed by atoms with van der Waals surface area (Å²) >= 11 is 0. The zero-order valence-corrected chi connectivity index (χ0v) is 34.9. The van der Waals surface area contributed by atoms with E-state index < -0.39 is 77.2 Å². The van der Waals surface area contributed by atoms with Crippen LogP contribution in [0.4, 0.5) is 0 Å². The first-order chi connectivity index (χ1) is 26.5. The average Bonchev–Trinajstić information content (AvgIpc) is 3.53. The molecule has 1 aliphatic heterocycles. The highest BCUT2D eigenvalue weighted by Gasteiger charge is 2.48. The molecule has 3 aromatic rings. The molecule has 14 nitrogen and oxygen atoms in total. The highest BCUT2D eigenvalue weighted by molar-refractivity contribution is 6.76. The SMILES string of the molecule is CO[B-]1(c2ccccc2CNC(C)(C)C(=O)NC(C)(C)C(=O)NC(C)(C)C(=O)NC(C)(C)C(=O)NCC(N)=O)O[C@@H](c2ccccc2C)[C@H](c2ccccc2C)O1. The fourth-order valence-electron chi connectivity index (χ4n) is 6.55. The van der Waals surface area contributed by atoms with Crippen LogP contribution in [-0.4, -0.2) is 72.1 Å². The van der Waals surface area contributed by atoms with Gasteiger partial charge in [0.2, 0.25) is 29.5 Å². The van der Waals surface area contributed by atoms with E-state index in [0.717, 1.165) is 27.8 Å². The molecular formula is C42H58BN6O8-. The first kappa shape index (κ1) is 44.6. The Bertz CT molecular complexity index is 1940. The smallest absolute Gasteiger partial charge is 0.410 e. The van der Waals surface area contributed by atoms with Crippen molar-refractivity contribution in [3.05, 3.63) is 101 Å². The highest BCUT2D eigenvalue weighted by Crippen LogP contribution is 2.47. The minimum Gasteiger partial charge on any atom is -0.543 e. The quantitative estimate of drug-likeness (QED) is 0.118. The van der Waals surface area contributed by atoms with Gasteiger partial charge >= 0.3 is 6.75 Å². The van der Waals surface area contributed by atoms with Gasteiger partial charge in [-0.1, -0.05) is 78.4 Å². The molecule has 2 atom stereocenters. The molecule has 0 spiro atoms. The molecule has 0 aliphatic carbocycles. The number of nitrogens with one attached hydrogen (secondary N) is 5. The molecule has 0 aromatic heterocycles. The predicted octanol–water partition coefficient (Wildman–Crippen LogP) is 2.78. The second-order valence-electron chi connectivity index (χ2n) is 16.8. The van der Waals surface area contributed by atoms with Gasteiger partial charge in [0.1, 0.15) is 16.6 Å². The molecule has 0 unspecified atom stereocenters. The van der Waals surface area contributed by atoms with E-state index in [0.29, 0.717) is 5.46 Å². The number of rotatable bonds is 16. The fourth-order valence-corrected chi connectivity index (χ4v) is 6.55. The van der Waals surface area contributed by atoms with Gasteiger partial charge in [-0.2, -0.15) is 0 Å². The summed E-state index contributed by atoms with van der Waals surface area (Å²) in [5, 5.41) is 13.8. The summed E-state index contributed by atoms with van der Waals surface area (Å²) < 4.78 is 20.0. The number of benzene rings is 3. The zero-order chi connectivity index (χ0) is 42.6. The molecule has 1 saturated heterocycles. The molecule has 15 heteroatoms. The Morgan fingerprint density at radius 1 is 0.632 bits per heavy atom. The van der Waals surface area contributed by atoms with Gasteiger partial charge in [0.05, 0.1) is 24.3 Å². The summed E-state index contributed by atoms with van der Waals surface area (Å²) in [4.78, 5) is 64.3. The molecule has 7 N–H and O–H groups in total. The van der Waals surface area contributed by atoms with Crippen LogP contribution in [0.2, 0.25) is 0 Å². The van der Waals surface area contributed by atoms with E-state index in [1.54, 1.807) is 21.0 Å². The maximum atomic E-state index is 13.8. The molecule has 0 saturated carbocycles. The summed E-state index contributed by atoms with van der Waals surface area (Å²) in [6, 6.07) is 23.7. The van der Waals surface area contributed by atoms with E-state index in [-0.39, 0.29) is 6.54 Å². The molecular weight excluding hydrogens is 727 g/mol. The Morgan fingerprint density at radius 3 is 1.47 bits per heavy atom. The summed E-state index contributed by atoms with van der Waals surface area (Å²) in [5.41, 5.74) is 5.08. The van der Waals surface area contributed by atoms with E-state index in [2.05, 4.69) is 26.6 Å².